The van der Waals surface area contributed by atoms with Gasteiger partial charge in [0.25, 0.3) is 0 Å². The van der Waals surface area contributed by atoms with Crippen LogP contribution in [0.3, 0.4) is 0 Å². The third-order valence-corrected chi connectivity index (χ3v) is 15.5. The van der Waals surface area contributed by atoms with Crippen molar-refractivity contribution in [1.29, 1.82) is 0 Å². The third-order valence-electron chi connectivity index (χ3n) is 15.5. The number of rotatable bonds is 10. The van der Waals surface area contributed by atoms with Crippen molar-refractivity contribution >= 4 is 5.97 Å². The van der Waals surface area contributed by atoms with E-state index in [1.165, 1.54) is 12.1 Å². The van der Waals surface area contributed by atoms with Crippen molar-refractivity contribution in [3.63, 3.8) is 0 Å². The van der Waals surface area contributed by atoms with Crippen molar-refractivity contribution in [3.05, 3.63) is 135 Å². The lowest BCUT2D eigenvalue weighted by molar-refractivity contribution is -0.277. The average molecular weight is 1200 g/mol. The predicted octanol–water partition coefficient (Wildman–Crippen LogP) is 2.60. The van der Waals surface area contributed by atoms with Crippen molar-refractivity contribution in [3.8, 4) is 109 Å². The number of aromatic hydroxyl groups is 15. The van der Waals surface area contributed by atoms with E-state index in [2.05, 4.69) is 0 Å². The summed E-state index contributed by atoms with van der Waals surface area (Å²) in [5, 5.41) is 233. The summed E-state index contributed by atoms with van der Waals surface area (Å²) < 4.78 is 36.0. The standard InChI is InChI=1S/C58H52O28/c59-23-3-1-17(5-26(23)62)53-48(76)43(39-28(64)11-21(12-37(39)83-53)82-58-51(79)50(78)47(75)38(84-58)16-81-57(80)20-9-34(70)46(74)35(71)10-20)41-30(66)15-31(67)42-44(49(77)54(86-56(41)42)18-2-4-24(60)27(63)6-18)40-29(65)14-25(61)22-13-36(72)52(85-55(22)40)19-7-32(68)45(73)33(69)8-19/h1-12,14-15,36,38,43-44,47-54,58-79H,13,16H2. The largest absolute Gasteiger partial charge is 0.507 e. The van der Waals surface area contributed by atoms with Crippen LogP contribution in [0.2, 0.25) is 0 Å². The highest BCUT2D eigenvalue weighted by atomic mass is 16.7. The van der Waals surface area contributed by atoms with Gasteiger partial charge in [0.1, 0.15) is 95.0 Å². The first-order valence-electron chi connectivity index (χ1n) is 25.9. The van der Waals surface area contributed by atoms with E-state index in [9.17, 15) is 112 Å². The third kappa shape index (κ3) is 9.74. The maximum atomic E-state index is 12.9. The topological polar surface area (TPSA) is 497 Å². The summed E-state index contributed by atoms with van der Waals surface area (Å²) in [5.74, 6) is -19.2. The molecular formula is C58H52O28. The van der Waals surface area contributed by atoms with Crippen LogP contribution >= 0.6 is 0 Å². The number of aliphatic hydroxyl groups is 6. The van der Waals surface area contributed by atoms with Gasteiger partial charge in [-0.15, -0.1) is 0 Å². The lowest BCUT2D eigenvalue weighted by Crippen LogP contribution is -2.60. The molecule has 11 rings (SSSR count). The monoisotopic (exact) mass is 1200 g/mol. The van der Waals surface area contributed by atoms with E-state index in [-0.39, 0.29) is 22.3 Å². The van der Waals surface area contributed by atoms with E-state index in [1.54, 1.807) is 0 Å². The number of carbonyl (C=O) groups excluding carboxylic acids is 1. The first-order chi connectivity index (χ1) is 40.7. The second kappa shape index (κ2) is 21.5. The molecule has 0 aliphatic carbocycles. The maximum absolute atomic E-state index is 12.9. The maximum Gasteiger partial charge on any atom is 0.338 e. The molecule has 4 aliphatic heterocycles. The van der Waals surface area contributed by atoms with Crippen molar-refractivity contribution in [2.24, 2.45) is 0 Å². The summed E-state index contributed by atoms with van der Waals surface area (Å²) in [7, 11) is 0. The molecule has 7 aromatic rings. The summed E-state index contributed by atoms with van der Waals surface area (Å²) in [4.78, 5) is 12.9. The van der Waals surface area contributed by atoms with E-state index in [1.807, 2.05) is 0 Å². The number of aliphatic hydroxyl groups excluding tert-OH is 6. The molecule has 86 heavy (non-hydrogen) atoms. The minimum absolute atomic E-state index is 0.0869. The average Bonchev–Trinajstić information content (AvgIpc) is 0.842. The van der Waals surface area contributed by atoms with E-state index >= 15 is 0 Å². The molecule has 7 aromatic carbocycles. The number of carbonyl (C=O) groups is 1. The van der Waals surface area contributed by atoms with Gasteiger partial charge in [-0.05, 0) is 59.7 Å². The molecule has 13 atom stereocenters. The van der Waals surface area contributed by atoms with Gasteiger partial charge < -0.3 is 136 Å². The van der Waals surface area contributed by atoms with Crippen LogP contribution in [-0.4, -0.2) is 169 Å². The first kappa shape index (κ1) is 57.7. The molecular weight excluding hydrogens is 1140 g/mol. The molecule has 0 saturated carbocycles. The molecule has 1 saturated heterocycles. The summed E-state index contributed by atoms with van der Waals surface area (Å²) in [6.45, 7) is -0.872. The summed E-state index contributed by atoms with van der Waals surface area (Å²) in [5.41, 5.74) is -2.96. The van der Waals surface area contributed by atoms with Crippen molar-refractivity contribution in [2.75, 3.05) is 6.61 Å². The van der Waals surface area contributed by atoms with Gasteiger partial charge in [-0.3, -0.25) is 0 Å². The van der Waals surface area contributed by atoms with E-state index < -0.39 is 235 Å². The molecule has 0 bridgehead atoms. The number of hydrogen-bond acceptors (Lipinski definition) is 28. The smallest absolute Gasteiger partial charge is 0.338 e. The number of fused-ring (bicyclic) bond motifs is 3. The SMILES string of the molecule is O=C(OCC1OC(Oc2cc(O)c3c(c2)OC(c2ccc(O)c(O)c2)C(O)C3c2c(O)cc(O)c3c2OC(c2ccc(O)c(O)c2)C(O)C3c2c(O)cc(O)c3c2OC(c2cc(O)c(O)c(O)c2)C(O)C3)C(O)C(O)C1O)c1cc(O)c(O)c(O)c1. The van der Waals surface area contributed by atoms with Crippen LogP contribution < -0.4 is 18.9 Å². The van der Waals surface area contributed by atoms with Gasteiger partial charge in [0, 0.05) is 64.1 Å². The van der Waals surface area contributed by atoms with Crippen LogP contribution in [0.1, 0.15) is 85.0 Å². The molecule has 0 spiro atoms. The Morgan fingerprint density at radius 2 is 0.907 bits per heavy atom. The molecule has 1 fully saturated rings. The first-order valence-corrected chi connectivity index (χ1v) is 25.9. The van der Waals surface area contributed by atoms with Crippen LogP contribution in [0, 0.1) is 0 Å². The fraction of sp³-hybridized carbons (Fsp3) is 0.259. The highest BCUT2D eigenvalue weighted by Gasteiger charge is 2.52. The van der Waals surface area contributed by atoms with Gasteiger partial charge in [-0.2, -0.15) is 0 Å². The van der Waals surface area contributed by atoms with Gasteiger partial charge in [0.05, 0.1) is 23.5 Å². The van der Waals surface area contributed by atoms with Crippen LogP contribution in [0.15, 0.2) is 84.9 Å². The second-order valence-corrected chi connectivity index (χ2v) is 20.9. The van der Waals surface area contributed by atoms with Crippen molar-refractivity contribution in [1.82, 2.24) is 0 Å². The molecule has 13 unspecified atom stereocenters. The van der Waals surface area contributed by atoms with Gasteiger partial charge in [0.15, 0.2) is 75.8 Å². The van der Waals surface area contributed by atoms with Crippen molar-refractivity contribution < 1.29 is 140 Å². The molecule has 0 radical (unpaired) electrons. The van der Waals surface area contributed by atoms with Gasteiger partial charge in [0.2, 0.25) is 6.29 Å². The normalized spacial score (nSPS) is 25.7. The Bertz CT molecular complexity index is 3820. The number of benzene rings is 7. The zero-order chi connectivity index (χ0) is 61.8. The highest BCUT2D eigenvalue weighted by molar-refractivity contribution is 5.91. The zero-order valence-electron chi connectivity index (χ0n) is 43.8. The molecule has 4 heterocycles. The molecule has 21 N–H and O–H groups in total. The Balaban J connectivity index is 1.05. The lowest BCUT2D eigenvalue weighted by Gasteiger charge is -2.43. The van der Waals surface area contributed by atoms with Crippen LogP contribution in [0.4, 0.5) is 0 Å². The number of hydrogen-bond donors (Lipinski definition) is 21. The fourth-order valence-corrected chi connectivity index (χ4v) is 11.3. The molecule has 0 aromatic heterocycles. The lowest BCUT2D eigenvalue weighted by atomic mass is 9.73. The number of phenolic OH excluding ortho intramolecular Hbond substituents is 15. The minimum atomic E-state index is -2.09. The Morgan fingerprint density at radius 1 is 0.430 bits per heavy atom. The van der Waals surface area contributed by atoms with Gasteiger partial charge in [-0.1, -0.05) is 12.1 Å². The van der Waals surface area contributed by atoms with E-state index in [0.29, 0.717) is 0 Å². The van der Waals surface area contributed by atoms with Gasteiger partial charge in [-0.25, -0.2) is 4.79 Å². The Hall–Kier alpha value is -10.1. The Morgan fingerprint density at radius 3 is 1.47 bits per heavy atom. The molecule has 28 nitrogen and oxygen atoms in total. The summed E-state index contributed by atoms with van der Waals surface area (Å²) >= 11 is 0. The fourth-order valence-electron chi connectivity index (χ4n) is 11.3. The molecule has 452 valence electrons. The molecule has 0 amide bonds. The highest BCUT2D eigenvalue weighted by Crippen LogP contribution is 2.63. The quantitative estimate of drug-likeness (QED) is 0.0691. The molecule has 4 aliphatic rings. The zero-order valence-corrected chi connectivity index (χ0v) is 43.8. The van der Waals surface area contributed by atoms with Crippen molar-refractivity contribution in [2.45, 2.75) is 85.6 Å². The number of esters is 1. The Labute approximate surface area is 481 Å². The van der Waals surface area contributed by atoms with E-state index in [4.69, 9.17) is 28.4 Å². The van der Waals surface area contributed by atoms with E-state index in [0.717, 1.165) is 72.8 Å². The number of ether oxygens (including phenoxy) is 6. The number of phenols is 15. The predicted molar refractivity (Wildman–Crippen MR) is 283 cm³/mol. The Kier molecular flexibility index (Phi) is 14.5. The van der Waals surface area contributed by atoms with Crippen LogP contribution in [0.5, 0.6) is 109 Å². The van der Waals surface area contributed by atoms with Crippen LogP contribution in [-0.2, 0) is 15.9 Å². The minimum Gasteiger partial charge on any atom is -0.507 e. The second-order valence-electron chi connectivity index (χ2n) is 20.9. The van der Waals surface area contributed by atoms with Gasteiger partial charge >= 0.3 is 5.97 Å². The summed E-state index contributed by atoms with van der Waals surface area (Å²) in [6.07, 6.45) is -21.2. The summed E-state index contributed by atoms with van der Waals surface area (Å²) in [6, 6.07) is 13.4. The van der Waals surface area contributed by atoms with Crippen LogP contribution in [0.25, 0.3) is 0 Å². The molecule has 28 heteroatoms.